The first kappa shape index (κ1) is 20.6. The summed E-state index contributed by atoms with van der Waals surface area (Å²) in [4.78, 5) is 23.2. The van der Waals surface area contributed by atoms with Crippen LogP contribution < -0.4 is 20.5 Å². The number of benzene rings is 1. The van der Waals surface area contributed by atoms with E-state index in [1.807, 2.05) is 0 Å². The number of hydrogen-bond acceptors (Lipinski definition) is 5. The predicted molar refractivity (Wildman–Crippen MR) is 104 cm³/mol. The summed E-state index contributed by atoms with van der Waals surface area (Å²) < 4.78 is 11.9. The zero-order valence-corrected chi connectivity index (χ0v) is 16.0. The normalized spacial score (nSPS) is 9.82. The number of hydrogen-bond donors (Lipinski definition) is 2. The van der Waals surface area contributed by atoms with Crippen molar-refractivity contribution in [3.8, 4) is 23.3 Å². The van der Waals surface area contributed by atoms with Gasteiger partial charge in [0.15, 0.2) is 0 Å². The van der Waals surface area contributed by atoms with E-state index in [1.165, 1.54) is 10.9 Å². The van der Waals surface area contributed by atoms with Crippen LogP contribution in [0.4, 0.5) is 0 Å². The average Bonchev–Trinajstić information content (AvgIpc) is 3.09. The van der Waals surface area contributed by atoms with Gasteiger partial charge >= 0.3 is 0 Å². The highest BCUT2D eigenvalue weighted by Gasteiger charge is 2.12. The third-order valence-corrected chi connectivity index (χ3v) is 3.72. The average molecular weight is 382 g/mol. The Kier molecular flexibility index (Phi) is 6.82. The van der Waals surface area contributed by atoms with Gasteiger partial charge in [0.25, 0.3) is 5.91 Å². The maximum absolute atomic E-state index is 11.7. The van der Waals surface area contributed by atoms with Gasteiger partial charge < -0.3 is 20.5 Å². The fourth-order valence-corrected chi connectivity index (χ4v) is 2.25. The van der Waals surface area contributed by atoms with Crippen molar-refractivity contribution in [3.05, 3.63) is 53.4 Å². The first-order valence-electron chi connectivity index (χ1n) is 8.40. The van der Waals surface area contributed by atoms with Gasteiger partial charge in [0.2, 0.25) is 5.91 Å². The van der Waals surface area contributed by atoms with Gasteiger partial charge in [0.05, 0.1) is 26.3 Å². The molecule has 0 radical (unpaired) electrons. The lowest BCUT2D eigenvalue weighted by molar-refractivity contribution is -0.117. The molecule has 2 rings (SSSR count). The smallest absolute Gasteiger partial charge is 0.253 e. The van der Waals surface area contributed by atoms with Crippen molar-refractivity contribution in [1.82, 2.24) is 15.1 Å². The molecular weight excluding hydrogens is 360 g/mol. The third-order valence-electron chi connectivity index (χ3n) is 3.72. The van der Waals surface area contributed by atoms with Crippen LogP contribution >= 0.6 is 0 Å². The minimum Gasteiger partial charge on any atom is -0.497 e. The molecule has 2 aromatic rings. The number of amides is 2. The summed E-state index contributed by atoms with van der Waals surface area (Å²) in [6.45, 7) is 5.87. The summed E-state index contributed by atoms with van der Waals surface area (Å²) in [6.07, 6.45) is 1.51. The van der Waals surface area contributed by atoms with Crippen LogP contribution in [0.1, 0.15) is 28.5 Å². The number of methoxy groups -OCH3 is 2. The SMILES string of the molecule is C=C(C)C(=O)NCCn1cc(C(N)=O)c(C#Cc2cc(OC)cc(OC)c2)n1. The van der Waals surface area contributed by atoms with Gasteiger partial charge in [-0.15, -0.1) is 0 Å². The van der Waals surface area contributed by atoms with Crippen molar-refractivity contribution in [3.63, 3.8) is 0 Å². The molecule has 146 valence electrons. The minimum atomic E-state index is -0.634. The fourth-order valence-electron chi connectivity index (χ4n) is 2.25. The number of carbonyl (C=O) groups is 2. The molecule has 0 aliphatic carbocycles. The Balaban J connectivity index is 2.23. The van der Waals surface area contributed by atoms with E-state index in [1.54, 1.807) is 39.3 Å². The molecule has 0 spiro atoms. The van der Waals surface area contributed by atoms with E-state index >= 15 is 0 Å². The summed E-state index contributed by atoms with van der Waals surface area (Å²) in [5.74, 6) is 6.10. The van der Waals surface area contributed by atoms with Crippen LogP contribution in [0.3, 0.4) is 0 Å². The van der Waals surface area contributed by atoms with Gasteiger partial charge in [-0.2, -0.15) is 5.10 Å². The van der Waals surface area contributed by atoms with Crippen molar-refractivity contribution in [2.75, 3.05) is 20.8 Å². The van der Waals surface area contributed by atoms with E-state index in [4.69, 9.17) is 15.2 Å². The summed E-state index contributed by atoms with van der Waals surface area (Å²) in [5, 5.41) is 6.97. The number of carbonyl (C=O) groups excluding carboxylic acids is 2. The van der Waals surface area contributed by atoms with E-state index < -0.39 is 5.91 Å². The van der Waals surface area contributed by atoms with Gasteiger partial charge in [0.1, 0.15) is 17.2 Å². The molecule has 0 aliphatic heterocycles. The Morgan fingerprint density at radius 2 is 1.86 bits per heavy atom. The Labute approximate surface area is 163 Å². The van der Waals surface area contributed by atoms with Gasteiger partial charge in [-0.1, -0.05) is 12.5 Å². The van der Waals surface area contributed by atoms with Gasteiger partial charge in [-0.25, -0.2) is 0 Å². The highest BCUT2D eigenvalue weighted by molar-refractivity contribution is 5.94. The van der Waals surface area contributed by atoms with Crippen LogP contribution in [0.2, 0.25) is 0 Å². The van der Waals surface area contributed by atoms with Crippen LogP contribution in [-0.2, 0) is 11.3 Å². The largest absolute Gasteiger partial charge is 0.497 e. The van der Waals surface area contributed by atoms with Crippen molar-refractivity contribution in [2.24, 2.45) is 5.73 Å². The maximum atomic E-state index is 11.7. The second kappa shape index (κ2) is 9.28. The summed E-state index contributed by atoms with van der Waals surface area (Å²) in [5.41, 5.74) is 6.93. The van der Waals surface area contributed by atoms with E-state index in [0.29, 0.717) is 35.7 Å². The molecule has 8 heteroatoms. The molecule has 28 heavy (non-hydrogen) atoms. The molecule has 3 N–H and O–H groups in total. The molecular formula is C20H22N4O4. The van der Waals surface area contributed by atoms with Crippen molar-refractivity contribution in [2.45, 2.75) is 13.5 Å². The topological polar surface area (TPSA) is 108 Å². The number of nitrogens with one attached hydrogen (secondary N) is 1. The van der Waals surface area contributed by atoms with E-state index in [2.05, 4.69) is 28.8 Å². The van der Waals surface area contributed by atoms with Gasteiger partial charge in [0, 0.05) is 29.9 Å². The summed E-state index contributed by atoms with van der Waals surface area (Å²) >= 11 is 0. The zero-order chi connectivity index (χ0) is 20.7. The molecule has 2 amide bonds. The number of ether oxygens (including phenoxy) is 2. The highest BCUT2D eigenvalue weighted by Crippen LogP contribution is 2.22. The molecule has 0 fully saturated rings. The molecule has 1 aromatic heterocycles. The summed E-state index contributed by atoms with van der Waals surface area (Å²) in [7, 11) is 3.09. The van der Waals surface area contributed by atoms with Crippen LogP contribution in [0.25, 0.3) is 0 Å². The summed E-state index contributed by atoms with van der Waals surface area (Å²) in [6, 6.07) is 5.21. The Bertz CT molecular complexity index is 944. The van der Waals surface area contributed by atoms with Gasteiger partial charge in [-0.3, -0.25) is 14.3 Å². The molecule has 1 aromatic carbocycles. The van der Waals surface area contributed by atoms with Crippen LogP contribution in [0.15, 0.2) is 36.5 Å². The number of rotatable bonds is 7. The lowest BCUT2D eigenvalue weighted by atomic mass is 10.2. The van der Waals surface area contributed by atoms with Crippen LogP contribution in [0, 0.1) is 11.8 Å². The van der Waals surface area contributed by atoms with E-state index in [9.17, 15) is 9.59 Å². The monoisotopic (exact) mass is 382 g/mol. The Hall–Kier alpha value is -3.73. The van der Waals surface area contributed by atoms with E-state index in [0.717, 1.165) is 0 Å². The predicted octanol–water partition coefficient (Wildman–Crippen LogP) is 1.09. The first-order chi connectivity index (χ1) is 13.3. The van der Waals surface area contributed by atoms with Crippen molar-refractivity contribution < 1.29 is 19.1 Å². The number of nitrogens with two attached hydrogens (primary N) is 1. The fraction of sp³-hybridized carbons (Fsp3) is 0.250. The lowest BCUT2D eigenvalue weighted by Crippen LogP contribution is -2.27. The van der Waals surface area contributed by atoms with Crippen LogP contribution in [-0.4, -0.2) is 42.4 Å². The second-order valence-corrected chi connectivity index (χ2v) is 5.91. The third kappa shape index (κ3) is 5.38. The molecule has 0 atom stereocenters. The lowest BCUT2D eigenvalue weighted by Gasteiger charge is -2.04. The standard InChI is InChI=1S/C20H22N4O4/c1-13(2)20(26)22-7-8-24-12-17(19(21)25)18(23-24)6-5-14-9-15(27-3)11-16(10-14)28-4/h9-12H,1,7-8H2,2-4H3,(H2,21,25)(H,22,26). The first-order valence-corrected chi connectivity index (χ1v) is 8.40. The Morgan fingerprint density at radius 3 is 2.39 bits per heavy atom. The molecule has 1 heterocycles. The second-order valence-electron chi connectivity index (χ2n) is 5.91. The number of aromatic nitrogens is 2. The maximum Gasteiger partial charge on any atom is 0.253 e. The highest BCUT2D eigenvalue weighted by atomic mass is 16.5. The molecule has 8 nitrogen and oxygen atoms in total. The van der Waals surface area contributed by atoms with Crippen molar-refractivity contribution >= 4 is 11.8 Å². The molecule has 0 saturated carbocycles. The van der Waals surface area contributed by atoms with Gasteiger partial charge in [-0.05, 0) is 25.0 Å². The molecule has 0 saturated heterocycles. The van der Waals surface area contributed by atoms with Crippen LogP contribution in [0.5, 0.6) is 11.5 Å². The molecule has 0 aliphatic rings. The minimum absolute atomic E-state index is 0.202. The van der Waals surface area contributed by atoms with E-state index in [-0.39, 0.29) is 17.2 Å². The van der Waals surface area contributed by atoms with Crippen molar-refractivity contribution in [1.29, 1.82) is 0 Å². The zero-order valence-electron chi connectivity index (χ0n) is 16.0. The molecule has 0 unspecified atom stereocenters. The Morgan fingerprint density at radius 1 is 1.21 bits per heavy atom. The number of nitrogens with zero attached hydrogens (tertiary/aromatic N) is 2. The molecule has 0 bridgehead atoms. The number of primary amides is 1. The quantitative estimate of drug-likeness (QED) is 0.550.